The van der Waals surface area contributed by atoms with Gasteiger partial charge in [0.1, 0.15) is 6.04 Å². The van der Waals surface area contributed by atoms with E-state index in [1.54, 1.807) is 19.3 Å². The van der Waals surface area contributed by atoms with Crippen molar-refractivity contribution in [2.45, 2.75) is 56.1 Å². The van der Waals surface area contributed by atoms with E-state index in [0.29, 0.717) is 0 Å². The average Bonchev–Trinajstić information content (AvgIpc) is 2.84. The smallest absolute Gasteiger partial charge is 0.308 e. The van der Waals surface area contributed by atoms with E-state index in [9.17, 15) is 22.8 Å². The molecule has 9 heteroatoms. The van der Waals surface area contributed by atoms with E-state index < -0.39 is 23.5 Å². The van der Waals surface area contributed by atoms with Crippen molar-refractivity contribution < 1.29 is 22.8 Å². The Balaban J connectivity index is 1.85. The highest BCUT2D eigenvalue weighted by Crippen LogP contribution is 2.38. The summed E-state index contributed by atoms with van der Waals surface area (Å²) in [6.07, 6.45) is 3.41. The number of pyridine rings is 1. The minimum atomic E-state index is -4.40. The summed E-state index contributed by atoms with van der Waals surface area (Å²) < 4.78 is 37.6. The van der Waals surface area contributed by atoms with Gasteiger partial charge in [0, 0.05) is 23.8 Å². The number of thioether (sulfide) groups is 1. The molecule has 2 aromatic rings. The Morgan fingerprint density at radius 2 is 1.70 bits per heavy atom. The molecule has 1 aromatic heterocycles. The third-order valence-electron chi connectivity index (χ3n) is 4.87. The van der Waals surface area contributed by atoms with E-state index in [2.05, 4.69) is 4.98 Å². The highest BCUT2D eigenvalue weighted by atomic mass is 32.2. The summed E-state index contributed by atoms with van der Waals surface area (Å²) in [5.74, 6) is -0.414. The molecule has 3 amide bonds. The SMILES string of the molecule is CC1C(=O)N(c2ccc(SC(F)(F)F)cc2)C(=O)N1Cc1ccncc1C(C)(C)C. The molecule has 1 atom stereocenters. The maximum atomic E-state index is 13.0. The highest BCUT2D eigenvalue weighted by molar-refractivity contribution is 8.00. The number of alkyl halides is 3. The van der Waals surface area contributed by atoms with Gasteiger partial charge >= 0.3 is 11.5 Å². The number of hydrogen-bond donors (Lipinski definition) is 0. The first kappa shape index (κ1) is 22.1. The number of imide groups is 1. The standard InChI is InChI=1S/C21H22F3N3O2S/c1-13-18(28)27(15-5-7-16(8-6-15)30-21(22,23)24)19(29)26(13)12-14-9-10-25-11-17(14)20(2,3)4/h5-11,13H,12H2,1-4H3. The minimum Gasteiger partial charge on any atom is -0.308 e. The van der Waals surface area contributed by atoms with Gasteiger partial charge in [-0.3, -0.25) is 9.78 Å². The number of urea groups is 1. The van der Waals surface area contributed by atoms with Crippen molar-refractivity contribution in [2.75, 3.05) is 4.90 Å². The zero-order valence-electron chi connectivity index (χ0n) is 17.0. The molecule has 1 unspecified atom stereocenters. The van der Waals surface area contributed by atoms with E-state index in [0.717, 1.165) is 16.0 Å². The van der Waals surface area contributed by atoms with Gasteiger partial charge in [-0.25, -0.2) is 9.69 Å². The van der Waals surface area contributed by atoms with Crippen LogP contribution < -0.4 is 4.90 Å². The first-order valence-corrected chi connectivity index (χ1v) is 10.1. The fourth-order valence-corrected chi connectivity index (χ4v) is 3.91. The second-order valence-electron chi connectivity index (χ2n) is 8.08. The summed E-state index contributed by atoms with van der Waals surface area (Å²) in [6.45, 7) is 8.01. The Labute approximate surface area is 177 Å². The van der Waals surface area contributed by atoms with Gasteiger partial charge < -0.3 is 4.90 Å². The Morgan fingerprint density at radius 3 is 2.27 bits per heavy atom. The summed E-state index contributed by atoms with van der Waals surface area (Å²) in [5, 5.41) is 0. The number of halogens is 3. The summed E-state index contributed by atoms with van der Waals surface area (Å²) in [5.41, 5.74) is -2.47. The molecule has 1 fully saturated rings. The van der Waals surface area contributed by atoms with E-state index in [4.69, 9.17) is 0 Å². The van der Waals surface area contributed by atoms with Crippen molar-refractivity contribution in [3.05, 3.63) is 53.9 Å². The average molecular weight is 437 g/mol. The Hall–Kier alpha value is -2.55. The third-order valence-corrected chi connectivity index (χ3v) is 5.61. The fourth-order valence-electron chi connectivity index (χ4n) is 3.37. The monoisotopic (exact) mass is 437 g/mol. The number of amides is 3. The van der Waals surface area contributed by atoms with E-state index in [-0.39, 0.29) is 34.3 Å². The molecule has 1 aromatic carbocycles. The maximum absolute atomic E-state index is 13.0. The van der Waals surface area contributed by atoms with E-state index >= 15 is 0 Å². The molecule has 2 heterocycles. The van der Waals surface area contributed by atoms with Crippen LogP contribution in [0.2, 0.25) is 0 Å². The molecule has 0 saturated carbocycles. The molecular formula is C21H22F3N3O2S. The molecule has 5 nitrogen and oxygen atoms in total. The molecule has 0 spiro atoms. The second kappa shape index (κ2) is 7.94. The number of hydrogen-bond acceptors (Lipinski definition) is 4. The van der Waals surface area contributed by atoms with Crippen LogP contribution in [0.15, 0.2) is 47.6 Å². The summed E-state index contributed by atoms with van der Waals surface area (Å²) >= 11 is -0.244. The Kier molecular flexibility index (Phi) is 5.86. The molecule has 1 aliphatic rings. The van der Waals surface area contributed by atoms with Gasteiger partial charge in [-0.15, -0.1) is 0 Å². The van der Waals surface area contributed by atoms with Crippen LogP contribution in [0, 0.1) is 0 Å². The zero-order valence-corrected chi connectivity index (χ0v) is 17.8. The number of anilines is 1. The lowest BCUT2D eigenvalue weighted by Gasteiger charge is -2.26. The number of aromatic nitrogens is 1. The van der Waals surface area contributed by atoms with Gasteiger partial charge in [-0.2, -0.15) is 13.2 Å². The van der Waals surface area contributed by atoms with E-state index in [1.807, 2.05) is 26.8 Å². The van der Waals surface area contributed by atoms with Crippen molar-refractivity contribution in [1.82, 2.24) is 9.88 Å². The zero-order chi connectivity index (χ0) is 22.3. The third kappa shape index (κ3) is 4.61. The lowest BCUT2D eigenvalue weighted by molar-refractivity contribution is -0.119. The molecule has 0 aliphatic carbocycles. The number of carbonyl (C=O) groups is 2. The van der Waals surface area contributed by atoms with Gasteiger partial charge in [0.05, 0.1) is 5.69 Å². The van der Waals surface area contributed by atoms with Crippen molar-refractivity contribution >= 4 is 29.4 Å². The summed E-state index contributed by atoms with van der Waals surface area (Å²) in [6, 6.07) is 5.85. The second-order valence-corrected chi connectivity index (χ2v) is 9.22. The van der Waals surface area contributed by atoms with E-state index in [1.165, 1.54) is 29.2 Å². The Morgan fingerprint density at radius 1 is 1.07 bits per heavy atom. The maximum Gasteiger partial charge on any atom is 0.446 e. The van der Waals surface area contributed by atoms with Crippen molar-refractivity contribution in [3.63, 3.8) is 0 Å². The van der Waals surface area contributed by atoms with Crippen LogP contribution in [0.3, 0.4) is 0 Å². The molecule has 30 heavy (non-hydrogen) atoms. The first-order valence-electron chi connectivity index (χ1n) is 9.32. The van der Waals surface area contributed by atoms with Crippen LogP contribution in [-0.4, -0.2) is 33.4 Å². The predicted octanol–water partition coefficient (Wildman–Crippen LogP) is 5.35. The number of rotatable bonds is 4. The topological polar surface area (TPSA) is 53.5 Å². The minimum absolute atomic E-state index is 0.0122. The molecule has 0 bridgehead atoms. The Bertz CT molecular complexity index is 955. The van der Waals surface area contributed by atoms with Gasteiger partial charge in [0.15, 0.2) is 0 Å². The van der Waals surface area contributed by atoms with Gasteiger partial charge in [0.25, 0.3) is 5.91 Å². The summed E-state index contributed by atoms with van der Waals surface area (Å²) in [4.78, 5) is 32.5. The van der Waals surface area contributed by atoms with Gasteiger partial charge in [0.2, 0.25) is 0 Å². The molecule has 0 N–H and O–H groups in total. The van der Waals surface area contributed by atoms with Gasteiger partial charge in [-0.1, -0.05) is 20.8 Å². The molecule has 3 rings (SSSR count). The van der Waals surface area contributed by atoms with Crippen LogP contribution in [0.5, 0.6) is 0 Å². The summed E-state index contributed by atoms with van der Waals surface area (Å²) in [7, 11) is 0. The first-order chi connectivity index (χ1) is 13.9. The number of benzene rings is 1. The van der Waals surface area contributed by atoms with Crippen molar-refractivity contribution in [1.29, 1.82) is 0 Å². The van der Waals surface area contributed by atoms with Crippen LogP contribution in [0.4, 0.5) is 23.7 Å². The lowest BCUT2D eigenvalue weighted by Crippen LogP contribution is -2.34. The molecule has 1 saturated heterocycles. The largest absolute Gasteiger partial charge is 0.446 e. The molecule has 1 aliphatic heterocycles. The molecule has 0 radical (unpaired) electrons. The van der Waals surface area contributed by atoms with Crippen LogP contribution in [0.1, 0.15) is 38.8 Å². The number of nitrogens with zero attached hydrogens (tertiary/aromatic N) is 3. The highest BCUT2D eigenvalue weighted by Gasteiger charge is 2.43. The molecular weight excluding hydrogens is 415 g/mol. The van der Waals surface area contributed by atoms with Crippen LogP contribution >= 0.6 is 11.8 Å². The van der Waals surface area contributed by atoms with Crippen molar-refractivity contribution in [2.24, 2.45) is 0 Å². The normalized spacial score (nSPS) is 17.8. The quantitative estimate of drug-likeness (QED) is 0.478. The lowest BCUT2D eigenvalue weighted by atomic mass is 9.85. The van der Waals surface area contributed by atoms with Crippen LogP contribution in [0.25, 0.3) is 0 Å². The van der Waals surface area contributed by atoms with Crippen molar-refractivity contribution in [3.8, 4) is 0 Å². The molecule has 160 valence electrons. The van der Waals surface area contributed by atoms with Gasteiger partial charge in [-0.05, 0) is 65.6 Å². The number of carbonyl (C=O) groups excluding carboxylic acids is 2. The van der Waals surface area contributed by atoms with Crippen LogP contribution in [-0.2, 0) is 16.8 Å². The predicted molar refractivity (Wildman–Crippen MR) is 109 cm³/mol. The fraction of sp³-hybridized carbons (Fsp3) is 0.381.